The molecule has 28 heavy (non-hydrogen) atoms. The van der Waals surface area contributed by atoms with Crippen molar-refractivity contribution in [1.82, 2.24) is 15.2 Å². The summed E-state index contributed by atoms with van der Waals surface area (Å²) in [5.74, 6) is 1.33. The lowest BCUT2D eigenvalue weighted by molar-refractivity contribution is -0.127. The van der Waals surface area contributed by atoms with E-state index in [1.807, 2.05) is 18.2 Å². The molecule has 1 aliphatic heterocycles. The monoisotopic (exact) mass is 379 g/mol. The van der Waals surface area contributed by atoms with Crippen LogP contribution in [0.15, 0.2) is 42.6 Å². The maximum atomic E-state index is 12.3. The molecule has 0 radical (unpaired) electrons. The highest BCUT2D eigenvalue weighted by molar-refractivity contribution is 5.80. The molecule has 0 bridgehead atoms. The van der Waals surface area contributed by atoms with E-state index in [-0.39, 0.29) is 5.91 Å². The predicted octanol–water partition coefficient (Wildman–Crippen LogP) is 1.79. The Bertz CT molecular complexity index is 821. The summed E-state index contributed by atoms with van der Waals surface area (Å²) < 4.78 is 5.62. The Kier molecular flexibility index (Phi) is 6.45. The average Bonchev–Trinajstić information content (AvgIpc) is 2.73. The first-order valence-corrected chi connectivity index (χ1v) is 9.38. The van der Waals surface area contributed by atoms with Crippen molar-refractivity contribution in [3.05, 3.63) is 53.7 Å². The largest absolute Gasteiger partial charge is 0.481 e. The van der Waals surface area contributed by atoms with Crippen LogP contribution in [-0.2, 0) is 11.3 Å². The summed E-state index contributed by atoms with van der Waals surface area (Å²) in [6, 6.07) is 12.7. The second-order valence-electron chi connectivity index (χ2n) is 6.93. The SMILES string of the molecule is CC(Oc1ccc(C#N)cc1)C(=O)NCc1ccc(N2CCN(C)CC2)nc1. The van der Waals surface area contributed by atoms with E-state index in [0.717, 1.165) is 37.6 Å². The van der Waals surface area contributed by atoms with E-state index in [9.17, 15) is 4.79 Å². The number of piperazine rings is 1. The molecule has 1 N–H and O–H groups in total. The number of pyridine rings is 1. The summed E-state index contributed by atoms with van der Waals surface area (Å²) in [5.41, 5.74) is 1.49. The van der Waals surface area contributed by atoms with E-state index in [4.69, 9.17) is 10.00 Å². The fourth-order valence-electron chi connectivity index (χ4n) is 2.94. The molecule has 1 aromatic carbocycles. The molecule has 7 heteroatoms. The zero-order valence-electron chi connectivity index (χ0n) is 16.3. The Balaban J connectivity index is 1.47. The van der Waals surface area contributed by atoms with E-state index in [1.165, 1.54) is 0 Å². The van der Waals surface area contributed by atoms with E-state index in [0.29, 0.717) is 17.9 Å². The van der Waals surface area contributed by atoms with Crippen molar-refractivity contribution in [3.8, 4) is 11.8 Å². The van der Waals surface area contributed by atoms with Gasteiger partial charge >= 0.3 is 0 Å². The van der Waals surface area contributed by atoms with Gasteiger partial charge in [-0.25, -0.2) is 4.98 Å². The molecule has 146 valence electrons. The lowest BCUT2D eigenvalue weighted by atomic mass is 10.2. The van der Waals surface area contributed by atoms with Gasteiger partial charge in [-0.2, -0.15) is 5.26 Å². The van der Waals surface area contributed by atoms with E-state index >= 15 is 0 Å². The van der Waals surface area contributed by atoms with E-state index < -0.39 is 6.10 Å². The molecule has 0 saturated carbocycles. The van der Waals surface area contributed by atoms with Gasteiger partial charge in [0.1, 0.15) is 11.6 Å². The number of nitrogens with zero attached hydrogens (tertiary/aromatic N) is 4. The Hall–Kier alpha value is -3.11. The molecule has 1 atom stereocenters. The van der Waals surface area contributed by atoms with Crippen LogP contribution in [0.5, 0.6) is 5.75 Å². The zero-order chi connectivity index (χ0) is 19.9. The third-order valence-electron chi connectivity index (χ3n) is 4.77. The summed E-state index contributed by atoms with van der Waals surface area (Å²) in [4.78, 5) is 21.4. The quantitative estimate of drug-likeness (QED) is 0.824. The number of hydrogen-bond donors (Lipinski definition) is 1. The van der Waals surface area contributed by atoms with Crippen molar-refractivity contribution in [3.63, 3.8) is 0 Å². The van der Waals surface area contributed by atoms with Crippen molar-refractivity contribution >= 4 is 11.7 Å². The van der Waals surface area contributed by atoms with Crippen molar-refractivity contribution in [2.45, 2.75) is 19.6 Å². The number of likely N-dealkylation sites (N-methyl/N-ethyl adjacent to an activating group) is 1. The predicted molar refractivity (Wildman–Crippen MR) is 107 cm³/mol. The lowest BCUT2D eigenvalue weighted by Gasteiger charge is -2.33. The maximum Gasteiger partial charge on any atom is 0.261 e. The summed E-state index contributed by atoms with van der Waals surface area (Å²) in [7, 11) is 2.13. The lowest BCUT2D eigenvalue weighted by Crippen LogP contribution is -2.44. The summed E-state index contributed by atoms with van der Waals surface area (Å²) in [6.07, 6.45) is 1.17. The topological polar surface area (TPSA) is 81.5 Å². The van der Waals surface area contributed by atoms with Gasteiger partial charge in [0.25, 0.3) is 5.91 Å². The summed E-state index contributed by atoms with van der Waals surface area (Å²) >= 11 is 0. The molecule has 1 saturated heterocycles. The number of nitrogens with one attached hydrogen (secondary N) is 1. The van der Waals surface area contributed by atoms with Crippen molar-refractivity contribution in [2.24, 2.45) is 0 Å². The molecule has 1 fully saturated rings. The Labute approximate surface area is 165 Å². The summed E-state index contributed by atoms with van der Waals surface area (Å²) in [5, 5.41) is 11.7. The molecule has 1 amide bonds. The number of ether oxygens (including phenoxy) is 1. The first kappa shape index (κ1) is 19.6. The molecule has 1 aliphatic rings. The Morgan fingerprint density at radius 3 is 2.54 bits per heavy atom. The average molecular weight is 379 g/mol. The molecule has 0 aliphatic carbocycles. The number of hydrogen-bond acceptors (Lipinski definition) is 6. The number of rotatable bonds is 6. The maximum absolute atomic E-state index is 12.3. The van der Waals surface area contributed by atoms with Crippen LogP contribution in [0.1, 0.15) is 18.1 Å². The van der Waals surface area contributed by atoms with Gasteiger partial charge in [0.2, 0.25) is 0 Å². The van der Waals surface area contributed by atoms with Gasteiger partial charge in [-0.05, 0) is 49.9 Å². The molecule has 2 aromatic rings. The molecule has 1 aromatic heterocycles. The molecule has 2 heterocycles. The summed E-state index contributed by atoms with van der Waals surface area (Å²) in [6.45, 7) is 6.12. The number of amides is 1. The second-order valence-corrected chi connectivity index (χ2v) is 6.93. The van der Waals surface area contributed by atoms with Crippen LogP contribution in [0.2, 0.25) is 0 Å². The molecule has 7 nitrogen and oxygen atoms in total. The Morgan fingerprint density at radius 1 is 1.21 bits per heavy atom. The standard InChI is InChI=1S/C21H25N5O2/c1-16(28-19-6-3-17(13-22)4-7-19)21(27)24-15-18-5-8-20(23-14-18)26-11-9-25(2)10-12-26/h3-8,14,16H,9-12,15H2,1-2H3,(H,24,27). The first-order valence-electron chi connectivity index (χ1n) is 9.38. The van der Waals surface area contributed by atoms with Crippen molar-refractivity contribution in [2.75, 3.05) is 38.1 Å². The minimum atomic E-state index is -0.634. The van der Waals surface area contributed by atoms with E-state index in [1.54, 1.807) is 37.4 Å². The van der Waals surface area contributed by atoms with Crippen LogP contribution in [0, 0.1) is 11.3 Å². The van der Waals surface area contributed by atoms with Crippen LogP contribution < -0.4 is 15.0 Å². The zero-order valence-corrected chi connectivity index (χ0v) is 16.3. The minimum Gasteiger partial charge on any atom is -0.481 e. The highest BCUT2D eigenvalue weighted by Crippen LogP contribution is 2.15. The van der Waals surface area contributed by atoms with Crippen LogP contribution in [0.4, 0.5) is 5.82 Å². The fourth-order valence-corrected chi connectivity index (χ4v) is 2.94. The van der Waals surface area contributed by atoms with Crippen molar-refractivity contribution < 1.29 is 9.53 Å². The number of carbonyl (C=O) groups excluding carboxylic acids is 1. The van der Waals surface area contributed by atoms with Crippen LogP contribution >= 0.6 is 0 Å². The highest BCUT2D eigenvalue weighted by atomic mass is 16.5. The number of anilines is 1. The minimum absolute atomic E-state index is 0.201. The van der Waals surface area contributed by atoms with Gasteiger partial charge in [0.15, 0.2) is 6.10 Å². The number of benzene rings is 1. The highest BCUT2D eigenvalue weighted by Gasteiger charge is 2.16. The van der Waals surface area contributed by atoms with Gasteiger partial charge in [-0.1, -0.05) is 6.07 Å². The normalized spacial score (nSPS) is 15.5. The molecule has 1 unspecified atom stereocenters. The fraction of sp³-hybridized carbons (Fsp3) is 0.381. The third-order valence-corrected chi connectivity index (χ3v) is 4.77. The van der Waals surface area contributed by atoms with Crippen LogP contribution in [-0.4, -0.2) is 55.1 Å². The van der Waals surface area contributed by atoms with Gasteiger partial charge in [0, 0.05) is 38.9 Å². The Morgan fingerprint density at radius 2 is 1.93 bits per heavy atom. The number of carbonyl (C=O) groups is 1. The molecular weight excluding hydrogens is 354 g/mol. The van der Waals surface area contributed by atoms with Gasteiger partial charge < -0.3 is 19.9 Å². The molecule has 0 spiro atoms. The number of aromatic nitrogens is 1. The molecular formula is C21H25N5O2. The molecule has 3 rings (SSSR count). The second kappa shape index (κ2) is 9.20. The third kappa shape index (κ3) is 5.21. The first-order chi connectivity index (χ1) is 13.5. The van der Waals surface area contributed by atoms with E-state index in [2.05, 4.69) is 27.1 Å². The van der Waals surface area contributed by atoms with Crippen LogP contribution in [0.3, 0.4) is 0 Å². The van der Waals surface area contributed by atoms with Crippen LogP contribution in [0.25, 0.3) is 0 Å². The van der Waals surface area contributed by atoms with Gasteiger partial charge in [0.05, 0.1) is 11.6 Å². The van der Waals surface area contributed by atoms with Gasteiger partial charge in [-0.15, -0.1) is 0 Å². The number of nitriles is 1. The van der Waals surface area contributed by atoms with Crippen molar-refractivity contribution in [1.29, 1.82) is 5.26 Å². The smallest absolute Gasteiger partial charge is 0.261 e. The van der Waals surface area contributed by atoms with Gasteiger partial charge in [-0.3, -0.25) is 4.79 Å².